The highest BCUT2D eigenvalue weighted by molar-refractivity contribution is 5.31. The van der Waals surface area contributed by atoms with Gasteiger partial charge in [-0.1, -0.05) is 65.2 Å². The van der Waals surface area contributed by atoms with Gasteiger partial charge in [0.1, 0.15) is 11.5 Å². The zero-order valence-corrected chi connectivity index (χ0v) is 18.3. The van der Waals surface area contributed by atoms with Crippen molar-refractivity contribution in [2.75, 3.05) is 13.2 Å². The van der Waals surface area contributed by atoms with Gasteiger partial charge in [-0.05, 0) is 73.6 Å². The van der Waals surface area contributed by atoms with Gasteiger partial charge in [-0.15, -0.1) is 0 Å². The Hall–Kier alpha value is -1.18. The van der Waals surface area contributed by atoms with E-state index in [9.17, 15) is 0 Å². The van der Waals surface area contributed by atoms with Crippen LogP contribution >= 0.6 is 0 Å². The van der Waals surface area contributed by atoms with Gasteiger partial charge in [0.15, 0.2) is 0 Å². The second-order valence-electron chi connectivity index (χ2n) is 9.36. The molecule has 158 valence electrons. The zero-order valence-electron chi connectivity index (χ0n) is 18.3. The molecular formula is C26H42O2. The fraction of sp³-hybridized carbons (Fsp3) is 0.769. The van der Waals surface area contributed by atoms with E-state index < -0.39 is 0 Å². The lowest BCUT2D eigenvalue weighted by Crippen LogP contribution is -2.19. The molecule has 2 aliphatic rings. The van der Waals surface area contributed by atoms with Crippen LogP contribution in [0.3, 0.4) is 0 Å². The molecule has 2 nitrogen and oxygen atoms in total. The average Bonchev–Trinajstić information content (AvgIpc) is 2.77. The van der Waals surface area contributed by atoms with E-state index in [1.165, 1.54) is 77.0 Å². The minimum atomic E-state index is 0.742. The third kappa shape index (κ3) is 7.01. The first-order valence-corrected chi connectivity index (χ1v) is 12.1. The molecule has 0 unspecified atom stereocenters. The predicted octanol–water partition coefficient (Wildman–Crippen LogP) is 7.66. The summed E-state index contributed by atoms with van der Waals surface area (Å²) in [6.45, 7) is 6.38. The Labute approximate surface area is 173 Å². The van der Waals surface area contributed by atoms with E-state index >= 15 is 0 Å². The summed E-state index contributed by atoms with van der Waals surface area (Å²) in [5.74, 6) is 5.60. The summed E-state index contributed by atoms with van der Waals surface area (Å²) in [6, 6.07) is 8.27. The van der Waals surface area contributed by atoms with Gasteiger partial charge >= 0.3 is 0 Å². The fourth-order valence-electron chi connectivity index (χ4n) is 5.14. The van der Waals surface area contributed by atoms with Crippen LogP contribution in [-0.2, 0) is 0 Å². The molecule has 0 bridgehead atoms. The molecule has 0 radical (unpaired) electrons. The standard InChI is InChI=1S/C26H42O2/c1-3-21-7-11-23(12-8-21)6-5-19-27-25-15-17-26(18-16-25)28-20-24-13-9-22(4-2)10-14-24/h15-18,21-24H,3-14,19-20H2,1-2H3. The predicted molar refractivity (Wildman–Crippen MR) is 118 cm³/mol. The number of benzene rings is 1. The van der Waals surface area contributed by atoms with Crippen molar-refractivity contribution in [3.8, 4) is 11.5 Å². The van der Waals surface area contributed by atoms with E-state index in [0.29, 0.717) is 0 Å². The molecule has 0 amide bonds. The fourth-order valence-corrected chi connectivity index (χ4v) is 5.14. The SMILES string of the molecule is CCC1CCC(CCCOc2ccc(OCC3CCC(CC)CC3)cc2)CC1. The van der Waals surface area contributed by atoms with Gasteiger partial charge in [0.05, 0.1) is 13.2 Å². The van der Waals surface area contributed by atoms with Crippen molar-refractivity contribution >= 4 is 0 Å². The largest absolute Gasteiger partial charge is 0.494 e. The van der Waals surface area contributed by atoms with E-state index in [0.717, 1.165) is 48.4 Å². The maximum atomic E-state index is 6.04. The molecule has 3 rings (SSSR count). The summed E-state index contributed by atoms with van der Waals surface area (Å²) in [5, 5.41) is 0. The van der Waals surface area contributed by atoms with E-state index in [2.05, 4.69) is 38.1 Å². The molecule has 2 fully saturated rings. The minimum Gasteiger partial charge on any atom is -0.494 e. The Balaban J connectivity index is 1.27. The molecule has 1 aromatic rings. The zero-order chi connectivity index (χ0) is 19.6. The van der Waals surface area contributed by atoms with Crippen molar-refractivity contribution in [3.63, 3.8) is 0 Å². The first-order chi connectivity index (χ1) is 13.8. The molecule has 0 atom stereocenters. The third-order valence-electron chi connectivity index (χ3n) is 7.42. The second-order valence-corrected chi connectivity index (χ2v) is 9.36. The minimum absolute atomic E-state index is 0.742. The molecule has 2 saturated carbocycles. The molecule has 0 aromatic heterocycles. The van der Waals surface area contributed by atoms with Crippen molar-refractivity contribution in [1.29, 1.82) is 0 Å². The summed E-state index contributed by atoms with van der Waals surface area (Å²) < 4.78 is 12.0. The summed E-state index contributed by atoms with van der Waals surface area (Å²) in [4.78, 5) is 0. The topological polar surface area (TPSA) is 18.5 Å². The van der Waals surface area contributed by atoms with Crippen LogP contribution in [0.1, 0.15) is 90.9 Å². The van der Waals surface area contributed by atoms with Gasteiger partial charge in [-0.25, -0.2) is 0 Å². The molecule has 0 N–H and O–H groups in total. The summed E-state index contributed by atoms with van der Waals surface area (Å²) >= 11 is 0. The lowest BCUT2D eigenvalue weighted by atomic mass is 9.79. The monoisotopic (exact) mass is 386 g/mol. The van der Waals surface area contributed by atoms with Crippen LogP contribution in [0.5, 0.6) is 11.5 Å². The van der Waals surface area contributed by atoms with Crippen LogP contribution in [0.25, 0.3) is 0 Å². The highest BCUT2D eigenvalue weighted by Crippen LogP contribution is 2.33. The van der Waals surface area contributed by atoms with Crippen molar-refractivity contribution in [1.82, 2.24) is 0 Å². The van der Waals surface area contributed by atoms with Gasteiger partial charge in [-0.2, -0.15) is 0 Å². The third-order valence-corrected chi connectivity index (χ3v) is 7.42. The Morgan fingerprint density at radius 3 is 1.64 bits per heavy atom. The van der Waals surface area contributed by atoms with Gasteiger partial charge in [0, 0.05) is 0 Å². The average molecular weight is 387 g/mol. The molecule has 28 heavy (non-hydrogen) atoms. The Morgan fingerprint density at radius 1 is 0.643 bits per heavy atom. The summed E-state index contributed by atoms with van der Waals surface area (Å²) in [6.07, 6.45) is 16.4. The molecule has 0 spiro atoms. The number of rotatable bonds is 10. The number of ether oxygens (including phenoxy) is 2. The van der Waals surface area contributed by atoms with Crippen molar-refractivity contribution < 1.29 is 9.47 Å². The number of hydrogen-bond acceptors (Lipinski definition) is 2. The van der Waals surface area contributed by atoms with Gasteiger partial charge in [0.25, 0.3) is 0 Å². The lowest BCUT2D eigenvalue weighted by molar-refractivity contribution is 0.181. The van der Waals surface area contributed by atoms with Gasteiger partial charge in [0.2, 0.25) is 0 Å². The second kappa shape index (κ2) is 11.7. The van der Waals surface area contributed by atoms with E-state index in [4.69, 9.17) is 9.47 Å². The van der Waals surface area contributed by atoms with Crippen molar-refractivity contribution in [2.45, 2.75) is 90.9 Å². The molecule has 0 heterocycles. The van der Waals surface area contributed by atoms with Crippen LogP contribution in [0, 0.1) is 23.7 Å². The maximum Gasteiger partial charge on any atom is 0.119 e. The smallest absolute Gasteiger partial charge is 0.119 e. The van der Waals surface area contributed by atoms with E-state index in [1.54, 1.807) is 0 Å². The summed E-state index contributed by atoms with van der Waals surface area (Å²) in [5.41, 5.74) is 0. The van der Waals surface area contributed by atoms with Gasteiger partial charge in [-0.3, -0.25) is 0 Å². The van der Waals surface area contributed by atoms with Crippen LogP contribution in [0.15, 0.2) is 24.3 Å². The van der Waals surface area contributed by atoms with Crippen LogP contribution in [0.4, 0.5) is 0 Å². The molecular weight excluding hydrogens is 344 g/mol. The van der Waals surface area contributed by atoms with Crippen molar-refractivity contribution in [2.24, 2.45) is 23.7 Å². The number of hydrogen-bond donors (Lipinski definition) is 0. The van der Waals surface area contributed by atoms with Crippen LogP contribution in [0.2, 0.25) is 0 Å². The van der Waals surface area contributed by atoms with E-state index in [-0.39, 0.29) is 0 Å². The normalized spacial score (nSPS) is 28.1. The first kappa shape index (κ1) is 21.5. The molecule has 1 aromatic carbocycles. The summed E-state index contributed by atoms with van der Waals surface area (Å²) in [7, 11) is 0. The molecule has 0 saturated heterocycles. The van der Waals surface area contributed by atoms with Crippen LogP contribution < -0.4 is 9.47 Å². The first-order valence-electron chi connectivity index (χ1n) is 12.1. The van der Waals surface area contributed by atoms with Crippen LogP contribution in [-0.4, -0.2) is 13.2 Å². The highest BCUT2D eigenvalue weighted by Gasteiger charge is 2.21. The maximum absolute atomic E-state index is 6.04. The lowest BCUT2D eigenvalue weighted by Gasteiger charge is -2.27. The molecule has 2 aliphatic carbocycles. The van der Waals surface area contributed by atoms with E-state index in [1.807, 2.05) is 0 Å². The quantitative estimate of drug-likeness (QED) is 0.384. The molecule has 0 aliphatic heterocycles. The Kier molecular flexibility index (Phi) is 9.02. The highest BCUT2D eigenvalue weighted by atomic mass is 16.5. The van der Waals surface area contributed by atoms with Gasteiger partial charge < -0.3 is 9.47 Å². The molecule has 2 heteroatoms. The Bertz CT molecular complexity index is 522. The Morgan fingerprint density at radius 2 is 1.11 bits per heavy atom. The van der Waals surface area contributed by atoms with Crippen molar-refractivity contribution in [3.05, 3.63) is 24.3 Å².